The Morgan fingerprint density at radius 1 is 0.586 bits per heavy atom. The molecule has 0 unspecified atom stereocenters. The van der Waals surface area contributed by atoms with Gasteiger partial charge in [-0.05, 0) is 0 Å². The fourth-order valence-corrected chi connectivity index (χ4v) is 15.6. The van der Waals surface area contributed by atoms with Gasteiger partial charge in [0.25, 0.3) is 0 Å². The van der Waals surface area contributed by atoms with Gasteiger partial charge in [0.15, 0.2) is 0 Å². The number of carbonyl (C=O) groups excluding carboxylic acids is 2. The van der Waals surface area contributed by atoms with E-state index in [9.17, 15) is 9.59 Å². The van der Waals surface area contributed by atoms with Crippen LogP contribution in [0, 0.1) is 0 Å². The first-order chi connectivity index (χ1) is 13.9. The van der Waals surface area contributed by atoms with Crippen molar-refractivity contribution in [1.29, 1.82) is 0 Å². The van der Waals surface area contributed by atoms with Gasteiger partial charge in [0, 0.05) is 0 Å². The van der Waals surface area contributed by atoms with Crippen molar-refractivity contribution >= 4 is 44.2 Å². The van der Waals surface area contributed by atoms with Crippen LogP contribution in [-0.2, 0) is 19.1 Å². The third-order valence-electron chi connectivity index (χ3n) is 4.83. The number of hydrogen-bond acceptors (Lipinski definition) is 4. The second kappa shape index (κ2) is 7.61. The maximum atomic E-state index is 13.3. The van der Waals surface area contributed by atoms with Crippen LogP contribution < -0.4 is 10.5 Å². The molecule has 29 heavy (non-hydrogen) atoms. The molecule has 0 atom stereocenters. The summed E-state index contributed by atoms with van der Waals surface area (Å²) in [6.45, 7) is 3.15. The number of benzene rings is 3. The quantitative estimate of drug-likeness (QED) is 0.411. The van der Waals surface area contributed by atoms with Crippen molar-refractivity contribution in [3.8, 4) is 0 Å². The van der Waals surface area contributed by atoms with E-state index in [-0.39, 0.29) is 3.45 Å². The number of hydrogen-bond donors (Lipinski definition) is 0. The third kappa shape index (κ3) is 3.42. The number of esters is 2. The first-order valence-corrected chi connectivity index (χ1v) is 14.5. The summed E-state index contributed by atoms with van der Waals surface area (Å²) in [6.07, 6.45) is 0. The number of ether oxygens (including phenoxy) is 2. The Bertz CT molecular complexity index is 978. The third-order valence-corrected chi connectivity index (χ3v) is 17.0. The molecule has 1 fully saturated rings. The average molecular weight is 495 g/mol. The van der Waals surface area contributed by atoms with Crippen LogP contribution in [0.5, 0.6) is 0 Å². The van der Waals surface area contributed by atoms with Crippen LogP contribution >= 0.6 is 0 Å². The Morgan fingerprint density at radius 2 is 0.897 bits per heavy atom. The van der Waals surface area contributed by atoms with E-state index < -0.39 is 36.1 Å². The van der Waals surface area contributed by atoms with E-state index in [0.29, 0.717) is 0 Å². The fourth-order valence-electron chi connectivity index (χ4n) is 3.71. The summed E-state index contributed by atoms with van der Waals surface area (Å²) in [4.78, 5) is 26.6. The van der Waals surface area contributed by atoms with Crippen LogP contribution in [0.2, 0.25) is 0 Å². The second-order valence-electron chi connectivity index (χ2n) is 7.20. The molecule has 0 radical (unpaired) electrons. The van der Waals surface area contributed by atoms with E-state index in [2.05, 4.69) is 0 Å². The summed E-state index contributed by atoms with van der Waals surface area (Å²) < 4.78 is 14.2. The number of carbonyl (C=O) groups is 2. The van der Waals surface area contributed by atoms with E-state index in [1.807, 2.05) is 91.0 Å². The molecule has 146 valence electrons. The van der Waals surface area contributed by atoms with Gasteiger partial charge in [-0.25, -0.2) is 0 Å². The van der Waals surface area contributed by atoms with Gasteiger partial charge >= 0.3 is 174 Å². The van der Waals surface area contributed by atoms with E-state index in [4.69, 9.17) is 9.47 Å². The van der Waals surface area contributed by atoms with E-state index in [1.54, 1.807) is 13.8 Å². The zero-order chi connectivity index (χ0) is 20.5. The second-order valence-corrected chi connectivity index (χ2v) is 16.7. The van der Waals surface area contributed by atoms with Crippen molar-refractivity contribution < 1.29 is 19.1 Å². The molecule has 1 aliphatic rings. The molecule has 0 bridgehead atoms. The van der Waals surface area contributed by atoms with Gasteiger partial charge in [-0.3, -0.25) is 0 Å². The Labute approximate surface area is 173 Å². The minimum atomic E-state index is -4.16. The molecular formula is C24H21O4Sb. The molecule has 4 rings (SSSR count). The standard InChI is InChI=1S/C6H6O4.3C6H5.Sb/c1-6(2)9-4(7)3-5(8)10-6;3*1-2-4-6-5-3-1;/h1-2H3;3*1-5H;. The predicted octanol–water partition coefficient (Wildman–Crippen LogP) is 1.75. The summed E-state index contributed by atoms with van der Waals surface area (Å²) in [5, 5.41) is 0. The van der Waals surface area contributed by atoms with Gasteiger partial charge < -0.3 is 0 Å². The van der Waals surface area contributed by atoms with Crippen LogP contribution in [-0.4, -0.2) is 39.5 Å². The van der Waals surface area contributed by atoms with E-state index >= 15 is 0 Å². The minimum absolute atomic E-state index is 0.145. The van der Waals surface area contributed by atoms with Crippen molar-refractivity contribution in [2.45, 2.75) is 19.6 Å². The SMILES string of the molecule is CC1(C)OC(=O)[C](=[Sb]([c]2ccccc2)([c]2ccccc2)[c]2ccccc2)C(=O)O1. The molecule has 0 aromatic heterocycles. The van der Waals surface area contributed by atoms with Gasteiger partial charge in [-0.2, -0.15) is 0 Å². The predicted molar refractivity (Wildman–Crippen MR) is 115 cm³/mol. The molecule has 4 nitrogen and oxygen atoms in total. The molecular weight excluding hydrogens is 474 g/mol. The molecule has 0 N–H and O–H groups in total. The molecule has 0 saturated carbocycles. The summed E-state index contributed by atoms with van der Waals surface area (Å²) in [6, 6.07) is 29.4. The van der Waals surface area contributed by atoms with Crippen molar-refractivity contribution in [1.82, 2.24) is 0 Å². The fraction of sp³-hybridized carbons (Fsp3) is 0.125. The molecule has 0 aliphatic carbocycles. The van der Waals surface area contributed by atoms with Crippen LogP contribution in [0.1, 0.15) is 13.8 Å². The van der Waals surface area contributed by atoms with E-state index in [0.717, 1.165) is 10.5 Å². The number of rotatable bonds is 3. The summed E-state index contributed by atoms with van der Waals surface area (Å²) >= 11 is -4.16. The maximum absolute atomic E-state index is 13.3. The molecule has 1 aliphatic heterocycles. The van der Waals surface area contributed by atoms with Crippen molar-refractivity contribution in [3.05, 3.63) is 91.0 Å². The zero-order valence-electron chi connectivity index (χ0n) is 16.2. The van der Waals surface area contributed by atoms with E-state index in [1.165, 1.54) is 0 Å². The van der Waals surface area contributed by atoms with Gasteiger partial charge in [-0.15, -0.1) is 0 Å². The summed E-state index contributed by atoms with van der Waals surface area (Å²) in [7, 11) is 0. The van der Waals surface area contributed by atoms with Crippen molar-refractivity contribution in [2.24, 2.45) is 0 Å². The van der Waals surface area contributed by atoms with Crippen molar-refractivity contribution in [2.75, 3.05) is 0 Å². The molecule has 0 spiro atoms. The summed E-state index contributed by atoms with van der Waals surface area (Å²) in [5.41, 5.74) is 0. The first kappa shape index (κ1) is 19.6. The topological polar surface area (TPSA) is 52.6 Å². The van der Waals surface area contributed by atoms with Gasteiger partial charge in [0.2, 0.25) is 0 Å². The Hall–Kier alpha value is -2.71. The van der Waals surface area contributed by atoms with Gasteiger partial charge in [0.05, 0.1) is 0 Å². The average Bonchev–Trinajstić information content (AvgIpc) is 2.72. The monoisotopic (exact) mass is 494 g/mol. The van der Waals surface area contributed by atoms with Crippen LogP contribution in [0.25, 0.3) is 0 Å². The Morgan fingerprint density at radius 3 is 1.21 bits per heavy atom. The normalized spacial score (nSPS) is 16.1. The molecule has 3 aromatic rings. The van der Waals surface area contributed by atoms with Gasteiger partial charge in [-0.1, -0.05) is 0 Å². The van der Waals surface area contributed by atoms with Crippen LogP contribution in [0.15, 0.2) is 91.0 Å². The van der Waals surface area contributed by atoms with Crippen LogP contribution in [0.4, 0.5) is 0 Å². The first-order valence-electron chi connectivity index (χ1n) is 9.35. The Balaban J connectivity index is 2.21. The molecule has 0 amide bonds. The van der Waals surface area contributed by atoms with Gasteiger partial charge in [0.1, 0.15) is 0 Å². The van der Waals surface area contributed by atoms with Crippen LogP contribution in [0.3, 0.4) is 0 Å². The Kier molecular flexibility index (Phi) is 5.14. The molecule has 3 aromatic carbocycles. The molecule has 5 heteroatoms. The zero-order valence-corrected chi connectivity index (χ0v) is 18.8. The summed E-state index contributed by atoms with van der Waals surface area (Å²) in [5.74, 6) is -2.46. The molecule has 1 heterocycles. The number of cyclic esters (lactones) is 2. The van der Waals surface area contributed by atoms with Crippen molar-refractivity contribution in [3.63, 3.8) is 0 Å². The molecule has 1 saturated heterocycles.